The van der Waals surface area contributed by atoms with Crippen molar-refractivity contribution in [2.24, 2.45) is 0 Å². The molecule has 0 aliphatic carbocycles. The van der Waals surface area contributed by atoms with E-state index in [0.717, 1.165) is 12.8 Å². The molecule has 0 aromatic rings. The molecule has 0 saturated carbocycles. The predicted molar refractivity (Wildman–Crippen MR) is 89.7 cm³/mol. The van der Waals surface area contributed by atoms with Gasteiger partial charge in [-0.3, -0.25) is 0 Å². The van der Waals surface area contributed by atoms with Gasteiger partial charge in [0.15, 0.2) is 6.11 Å². The molecule has 0 saturated heterocycles. The summed E-state index contributed by atoms with van der Waals surface area (Å²) in [4.78, 5) is 0. The van der Waals surface area contributed by atoms with Crippen LogP contribution in [0.25, 0.3) is 0 Å². The molecule has 0 aromatic heterocycles. The van der Waals surface area contributed by atoms with E-state index in [1.54, 1.807) is 0 Å². The average molecular weight is 285 g/mol. The van der Waals surface area contributed by atoms with Crippen LogP contribution in [0.1, 0.15) is 90.4 Å². The highest BCUT2D eigenvalue weighted by molar-refractivity contribution is 5.34. The Kier molecular flexibility index (Phi) is 17.1. The zero-order valence-electron chi connectivity index (χ0n) is 13.6. The molecule has 0 unspecified atom stereocenters. The molecule has 0 fully saturated rings. The molecule has 0 aliphatic rings. The summed E-state index contributed by atoms with van der Waals surface area (Å²) >= 11 is 0. The third kappa shape index (κ3) is 18.5. The van der Waals surface area contributed by atoms with E-state index < -0.39 is 0 Å². The van der Waals surface area contributed by atoms with Gasteiger partial charge in [0.1, 0.15) is 0 Å². The third-order valence-electron chi connectivity index (χ3n) is 3.48. The molecule has 115 valence electrons. The Morgan fingerprint density at radius 3 is 1.57 bits per heavy atom. The molecule has 0 heterocycles. The first-order valence-electron chi connectivity index (χ1n) is 8.51. The lowest BCUT2D eigenvalue weighted by Gasteiger charge is -2.01. The minimum atomic E-state index is 0.900. The van der Waals surface area contributed by atoms with Gasteiger partial charge in [-0.15, -0.1) is 0 Å². The largest absolute Gasteiger partial charge is 0.223 e. The lowest BCUT2D eigenvalue weighted by Crippen LogP contribution is -1.82. The molecule has 0 aliphatic heterocycles. The van der Waals surface area contributed by atoms with E-state index in [9.17, 15) is 5.11 Å². The van der Waals surface area contributed by atoms with E-state index in [1.807, 2.05) is 0 Å². The lowest BCUT2D eigenvalue weighted by molar-refractivity contribution is 0.392. The minimum Gasteiger partial charge on any atom is -0.223 e. The number of hydrogen-bond acceptors (Lipinski definition) is 0. The number of unbranched alkanes of at least 4 members (excludes halogenated alkanes) is 12. The maximum absolute atomic E-state index is 9.78. The monoisotopic (exact) mass is 285 g/mol. The van der Waals surface area contributed by atoms with Crippen LogP contribution >= 0.6 is 0 Å². The summed E-state index contributed by atoms with van der Waals surface area (Å²) in [5.41, 5.74) is 0. The van der Waals surface area contributed by atoms with Gasteiger partial charge in [-0.05, 0) is 18.3 Å². The summed E-state index contributed by atoms with van der Waals surface area (Å²) in [7, 11) is 0. The van der Waals surface area contributed by atoms with Crippen molar-refractivity contribution in [2.45, 2.75) is 90.4 Å². The molecule has 1 heteroatoms. The highest BCUT2D eigenvalue weighted by Gasteiger charge is 1.92. The van der Waals surface area contributed by atoms with Gasteiger partial charge >= 0.3 is 0 Å². The Bertz CT molecular complexity index is 389. The predicted octanol–water partition coefficient (Wildman–Crippen LogP) is 5.48. The first-order valence-corrected chi connectivity index (χ1v) is 8.51. The zero-order valence-corrected chi connectivity index (χ0v) is 13.6. The van der Waals surface area contributed by atoms with Crippen molar-refractivity contribution in [2.75, 3.05) is 0 Å². The quantitative estimate of drug-likeness (QED) is 0.334. The van der Waals surface area contributed by atoms with E-state index in [-0.39, 0.29) is 0 Å². The summed E-state index contributed by atoms with van der Waals surface area (Å²) in [6, 6.07) is 0. The highest BCUT2D eigenvalue weighted by Crippen LogP contribution is 2.12. The molecule has 0 bridgehead atoms. The summed E-state index contributed by atoms with van der Waals surface area (Å²) < 4.78 is 0. The second kappa shape index (κ2) is 18.5. The molecule has 0 N–H and O–H groups in total. The second-order valence-electron chi connectivity index (χ2n) is 5.42. The normalized spacial score (nSPS) is 8.81. The maximum Gasteiger partial charge on any atom is 0.186 e. The summed E-state index contributed by atoms with van der Waals surface area (Å²) in [6.45, 7) is 2.27. The molecular weight excluding hydrogens is 256 g/mol. The molecule has 21 heavy (non-hydrogen) atoms. The third-order valence-corrected chi connectivity index (χ3v) is 3.48. The van der Waals surface area contributed by atoms with Crippen molar-refractivity contribution in [1.29, 1.82) is 0 Å². The van der Waals surface area contributed by atoms with Crippen molar-refractivity contribution < 1.29 is 5.11 Å². The van der Waals surface area contributed by atoms with Gasteiger partial charge in [0.05, 0.1) is 0 Å². The maximum atomic E-state index is 9.78. The molecule has 0 aromatic carbocycles. The van der Waals surface area contributed by atoms with Crippen molar-refractivity contribution in [3.63, 3.8) is 0 Å². The van der Waals surface area contributed by atoms with E-state index in [0.29, 0.717) is 0 Å². The van der Waals surface area contributed by atoms with E-state index in [2.05, 4.69) is 36.5 Å². The highest BCUT2D eigenvalue weighted by atomic mass is 16.2. The first-order chi connectivity index (χ1) is 10.4. The standard InChI is InChI=1S/C20H29O/c1-2-3-4-5-6-7-8-9-10-11-12-13-14-15-16-17-18-19-20-21/h2-14H2,1H3. The van der Waals surface area contributed by atoms with Gasteiger partial charge in [0.25, 0.3) is 0 Å². The fourth-order valence-corrected chi connectivity index (χ4v) is 2.25. The van der Waals surface area contributed by atoms with Crippen LogP contribution in [-0.2, 0) is 5.11 Å². The van der Waals surface area contributed by atoms with Crippen molar-refractivity contribution in [1.82, 2.24) is 0 Å². The fourth-order valence-electron chi connectivity index (χ4n) is 2.25. The topological polar surface area (TPSA) is 19.9 Å². The van der Waals surface area contributed by atoms with Gasteiger partial charge in [-0.2, -0.15) is 0 Å². The Labute approximate surface area is 131 Å². The molecular formula is C20H29O. The van der Waals surface area contributed by atoms with Gasteiger partial charge in [-0.1, -0.05) is 83.5 Å². The van der Waals surface area contributed by atoms with Crippen molar-refractivity contribution in [3.8, 4) is 35.7 Å². The Morgan fingerprint density at radius 2 is 1.05 bits per heavy atom. The van der Waals surface area contributed by atoms with Crippen LogP contribution in [0.3, 0.4) is 0 Å². The van der Waals surface area contributed by atoms with E-state index in [1.165, 1.54) is 76.7 Å². The van der Waals surface area contributed by atoms with Crippen LogP contribution in [0.2, 0.25) is 0 Å². The zero-order chi connectivity index (χ0) is 15.4. The molecule has 0 rings (SSSR count). The Hall–Kier alpha value is -1.52. The summed E-state index contributed by atoms with van der Waals surface area (Å²) in [5, 5.41) is 9.78. The van der Waals surface area contributed by atoms with Crippen LogP contribution in [0, 0.1) is 35.7 Å². The molecule has 0 amide bonds. The number of hydrogen-bond donors (Lipinski definition) is 0. The van der Waals surface area contributed by atoms with E-state index in [4.69, 9.17) is 0 Å². The fraction of sp³-hybridized carbons (Fsp3) is 0.700. The SMILES string of the molecule is CCCCCCCCCCCCCCC#CC#CC#C[O]. The van der Waals surface area contributed by atoms with Crippen molar-refractivity contribution >= 4 is 0 Å². The van der Waals surface area contributed by atoms with Gasteiger partial charge < -0.3 is 0 Å². The smallest absolute Gasteiger partial charge is 0.186 e. The Morgan fingerprint density at radius 1 is 0.571 bits per heavy atom. The van der Waals surface area contributed by atoms with Gasteiger partial charge in [0, 0.05) is 18.3 Å². The Balaban J connectivity index is 3.15. The van der Waals surface area contributed by atoms with Crippen molar-refractivity contribution in [3.05, 3.63) is 0 Å². The minimum absolute atomic E-state index is 0.900. The molecule has 0 atom stereocenters. The second-order valence-corrected chi connectivity index (χ2v) is 5.42. The molecule has 1 nitrogen and oxygen atoms in total. The van der Waals surface area contributed by atoms with Crippen LogP contribution in [0.4, 0.5) is 0 Å². The van der Waals surface area contributed by atoms with Crippen LogP contribution in [0.5, 0.6) is 0 Å². The molecule has 0 spiro atoms. The van der Waals surface area contributed by atoms with Crippen LogP contribution < -0.4 is 0 Å². The summed E-state index contributed by atoms with van der Waals surface area (Å²) in [6.07, 6.45) is 18.7. The summed E-state index contributed by atoms with van der Waals surface area (Å²) in [5.74, 6) is 12.8. The van der Waals surface area contributed by atoms with Crippen LogP contribution in [-0.4, -0.2) is 0 Å². The molecule has 1 radical (unpaired) electrons. The lowest BCUT2D eigenvalue weighted by atomic mass is 10.0. The van der Waals surface area contributed by atoms with Crippen LogP contribution in [0.15, 0.2) is 0 Å². The average Bonchev–Trinajstić information content (AvgIpc) is 2.50. The first kappa shape index (κ1) is 19.5. The number of rotatable bonds is 12. The van der Waals surface area contributed by atoms with Gasteiger partial charge in [-0.25, -0.2) is 5.11 Å². The van der Waals surface area contributed by atoms with Gasteiger partial charge in [0.2, 0.25) is 0 Å². The van der Waals surface area contributed by atoms with E-state index >= 15 is 0 Å².